The highest BCUT2D eigenvalue weighted by atomic mass is 35.5. The van der Waals surface area contributed by atoms with Crippen LogP contribution in [-0.4, -0.2) is 46.7 Å². The van der Waals surface area contributed by atoms with Gasteiger partial charge in [-0.05, 0) is 6.07 Å². The summed E-state index contributed by atoms with van der Waals surface area (Å²) >= 11 is 5.84. The maximum atomic E-state index is 11.8. The van der Waals surface area contributed by atoms with E-state index in [1.165, 1.54) is 12.1 Å². The molecule has 1 heterocycles. The van der Waals surface area contributed by atoms with Gasteiger partial charge < -0.3 is 10.1 Å². The zero-order valence-corrected chi connectivity index (χ0v) is 14.2. The highest BCUT2D eigenvalue weighted by molar-refractivity contribution is 6.33. The number of nitro groups is 1. The van der Waals surface area contributed by atoms with Gasteiger partial charge in [-0.2, -0.15) is 0 Å². The van der Waals surface area contributed by atoms with Crippen LogP contribution in [0, 0.1) is 10.1 Å². The van der Waals surface area contributed by atoms with Crippen molar-refractivity contribution in [3.8, 4) is 0 Å². The number of carbonyl (C=O) groups is 4. The second kappa shape index (κ2) is 8.39. The lowest BCUT2D eigenvalue weighted by Gasteiger charge is -2.13. The van der Waals surface area contributed by atoms with E-state index in [1.54, 1.807) is 0 Å². The SMILES string of the molecule is O=C(COC(=O)CCN1C(=O)CCC1=O)Nc1cc([N+](=O)[O-])ccc1Cl. The Morgan fingerprint density at radius 1 is 1.27 bits per heavy atom. The number of hydrogen-bond acceptors (Lipinski definition) is 7. The van der Waals surface area contributed by atoms with Gasteiger partial charge in [-0.25, -0.2) is 0 Å². The third-order valence-corrected chi connectivity index (χ3v) is 3.82. The molecule has 0 atom stereocenters. The molecule has 1 saturated heterocycles. The fraction of sp³-hybridized carbons (Fsp3) is 0.333. The van der Waals surface area contributed by atoms with E-state index < -0.39 is 23.4 Å². The normalized spacial score (nSPS) is 13.7. The number of non-ortho nitro benzene ring substituents is 1. The number of carbonyl (C=O) groups excluding carboxylic acids is 4. The molecule has 138 valence electrons. The lowest BCUT2D eigenvalue weighted by atomic mass is 10.3. The number of amides is 3. The molecule has 2 rings (SSSR count). The van der Waals surface area contributed by atoms with Crippen molar-refractivity contribution in [1.29, 1.82) is 0 Å². The van der Waals surface area contributed by atoms with Crippen molar-refractivity contribution in [2.24, 2.45) is 0 Å². The van der Waals surface area contributed by atoms with Gasteiger partial charge in [0.25, 0.3) is 11.6 Å². The monoisotopic (exact) mass is 383 g/mol. The molecule has 11 heteroatoms. The van der Waals surface area contributed by atoms with E-state index in [4.69, 9.17) is 16.3 Å². The summed E-state index contributed by atoms with van der Waals surface area (Å²) < 4.78 is 4.75. The van der Waals surface area contributed by atoms with Gasteiger partial charge in [0.15, 0.2) is 6.61 Å². The highest BCUT2D eigenvalue weighted by Gasteiger charge is 2.29. The van der Waals surface area contributed by atoms with Crippen molar-refractivity contribution in [2.75, 3.05) is 18.5 Å². The van der Waals surface area contributed by atoms with Crippen molar-refractivity contribution in [3.05, 3.63) is 33.3 Å². The largest absolute Gasteiger partial charge is 0.456 e. The first kappa shape index (κ1) is 19.3. The first-order valence-electron chi connectivity index (χ1n) is 7.50. The minimum atomic E-state index is -0.766. The molecule has 1 aliphatic rings. The summed E-state index contributed by atoms with van der Waals surface area (Å²) in [5.74, 6) is -2.20. The van der Waals surface area contributed by atoms with Crippen LogP contribution < -0.4 is 5.32 Å². The van der Waals surface area contributed by atoms with Crippen LogP contribution in [0.4, 0.5) is 11.4 Å². The zero-order chi connectivity index (χ0) is 19.3. The Kier molecular flexibility index (Phi) is 6.23. The maximum absolute atomic E-state index is 11.8. The first-order chi connectivity index (χ1) is 12.3. The van der Waals surface area contributed by atoms with Gasteiger partial charge in [-0.1, -0.05) is 11.6 Å². The Labute approximate surface area is 152 Å². The molecule has 0 radical (unpaired) electrons. The summed E-state index contributed by atoms with van der Waals surface area (Å²) in [6, 6.07) is 3.51. The summed E-state index contributed by atoms with van der Waals surface area (Å²) in [4.78, 5) is 57.2. The smallest absolute Gasteiger partial charge is 0.308 e. The van der Waals surface area contributed by atoms with Crippen LogP contribution >= 0.6 is 11.6 Å². The molecule has 1 aromatic carbocycles. The number of rotatable bonds is 7. The van der Waals surface area contributed by atoms with Crippen LogP contribution in [0.5, 0.6) is 0 Å². The Bertz CT molecular complexity index is 765. The second-order valence-corrected chi connectivity index (χ2v) is 5.73. The van der Waals surface area contributed by atoms with Crippen LogP contribution in [0.25, 0.3) is 0 Å². The standard InChI is InChI=1S/C15H14ClN3O7/c16-10-2-1-9(19(24)25)7-11(10)17-12(20)8-26-15(23)5-6-18-13(21)3-4-14(18)22/h1-2,7H,3-6,8H2,(H,17,20). The first-order valence-corrected chi connectivity index (χ1v) is 7.88. The molecule has 0 aromatic heterocycles. The molecule has 0 unspecified atom stereocenters. The minimum Gasteiger partial charge on any atom is -0.456 e. The maximum Gasteiger partial charge on any atom is 0.308 e. The number of esters is 1. The van der Waals surface area contributed by atoms with Crippen molar-refractivity contribution < 1.29 is 28.8 Å². The Morgan fingerprint density at radius 2 is 1.92 bits per heavy atom. The summed E-state index contributed by atoms with van der Waals surface area (Å²) in [6.45, 7) is -0.741. The molecule has 0 bridgehead atoms. The Hall–Kier alpha value is -3.01. The molecule has 0 spiro atoms. The molecule has 3 amide bonds. The molecule has 0 saturated carbocycles. The van der Waals surface area contributed by atoms with Crippen molar-refractivity contribution in [2.45, 2.75) is 19.3 Å². The molecule has 1 aromatic rings. The number of halogens is 1. The van der Waals surface area contributed by atoms with Crippen molar-refractivity contribution in [1.82, 2.24) is 4.90 Å². The number of anilines is 1. The van der Waals surface area contributed by atoms with Crippen molar-refractivity contribution >= 4 is 46.7 Å². The molecule has 1 N–H and O–H groups in total. The van der Waals surface area contributed by atoms with Gasteiger partial charge in [0.05, 0.1) is 22.1 Å². The van der Waals surface area contributed by atoms with E-state index in [-0.39, 0.29) is 54.0 Å². The van der Waals surface area contributed by atoms with Gasteiger partial charge in [-0.3, -0.25) is 34.2 Å². The number of nitro benzene ring substituents is 1. The molecular formula is C15H14ClN3O7. The van der Waals surface area contributed by atoms with Gasteiger partial charge >= 0.3 is 5.97 Å². The van der Waals surface area contributed by atoms with Crippen molar-refractivity contribution in [3.63, 3.8) is 0 Å². The third kappa shape index (κ3) is 4.99. The van der Waals surface area contributed by atoms with Gasteiger partial charge in [0.1, 0.15) is 0 Å². The quantitative estimate of drug-likeness (QED) is 0.324. The van der Waals surface area contributed by atoms with Crippen LogP contribution in [0.1, 0.15) is 19.3 Å². The van der Waals surface area contributed by atoms with Gasteiger partial charge in [-0.15, -0.1) is 0 Å². The zero-order valence-electron chi connectivity index (χ0n) is 13.4. The number of nitrogens with one attached hydrogen (secondary N) is 1. The molecule has 0 aliphatic carbocycles. The number of benzene rings is 1. The molecular weight excluding hydrogens is 370 g/mol. The van der Waals surface area contributed by atoms with Crippen LogP contribution in [0.2, 0.25) is 5.02 Å². The van der Waals surface area contributed by atoms with E-state index in [9.17, 15) is 29.3 Å². The molecule has 1 fully saturated rings. The summed E-state index contributed by atoms with van der Waals surface area (Å²) in [5.41, 5.74) is -0.253. The predicted octanol–water partition coefficient (Wildman–Crippen LogP) is 1.27. The number of imide groups is 1. The van der Waals surface area contributed by atoms with E-state index in [0.717, 1.165) is 11.0 Å². The lowest BCUT2D eigenvalue weighted by Crippen LogP contribution is -2.32. The van der Waals surface area contributed by atoms with Crippen LogP contribution in [-0.2, 0) is 23.9 Å². The van der Waals surface area contributed by atoms with E-state index in [2.05, 4.69) is 5.32 Å². The molecule has 26 heavy (non-hydrogen) atoms. The summed E-state index contributed by atoms with van der Waals surface area (Å²) in [7, 11) is 0. The average molecular weight is 384 g/mol. The van der Waals surface area contributed by atoms with Crippen LogP contribution in [0.3, 0.4) is 0 Å². The number of ether oxygens (including phenoxy) is 1. The Balaban J connectivity index is 1.80. The molecule has 10 nitrogen and oxygen atoms in total. The second-order valence-electron chi connectivity index (χ2n) is 5.32. The lowest BCUT2D eigenvalue weighted by molar-refractivity contribution is -0.384. The van der Waals surface area contributed by atoms with Gasteiger partial charge in [0.2, 0.25) is 11.8 Å². The summed E-state index contributed by atoms with van der Waals surface area (Å²) in [6.07, 6.45) is 0.0167. The number of likely N-dealkylation sites (tertiary alicyclic amines) is 1. The topological polar surface area (TPSA) is 136 Å². The molecule has 1 aliphatic heterocycles. The van der Waals surface area contributed by atoms with Gasteiger partial charge in [0, 0.05) is 31.5 Å². The van der Waals surface area contributed by atoms with E-state index in [0.29, 0.717) is 0 Å². The number of nitrogens with zero attached hydrogens (tertiary/aromatic N) is 2. The fourth-order valence-electron chi connectivity index (χ4n) is 2.20. The number of hydrogen-bond donors (Lipinski definition) is 1. The highest BCUT2D eigenvalue weighted by Crippen LogP contribution is 2.26. The Morgan fingerprint density at radius 3 is 2.54 bits per heavy atom. The minimum absolute atomic E-state index is 0.00942. The summed E-state index contributed by atoms with van der Waals surface area (Å²) in [5, 5.41) is 13.1. The van der Waals surface area contributed by atoms with E-state index >= 15 is 0 Å². The van der Waals surface area contributed by atoms with E-state index in [1.807, 2.05) is 0 Å². The van der Waals surface area contributed by atoms with Crippen LogP contribution in [0.15, 0.2) is 18.2 Å². The average Bonchev–Trinajstić information content (AvgIpc) is 2.91. The third-order valence-electron chi connectivity index (χ3n) is 3.49. The fourth-order valence-corrected chi connectivity index (χ4v) is 2.37. The predicted molar refractivity (Wildman–Crippen MR) is 88.3 cm³/mol.